The number of hydrogen-bond acceptors (Lipinski definition) is 3. The first kappa shape index (κ1) is 37.6. The van der Waals surface area contributed by atoms with Gasteiger partial charge in [0.2, 0.25) is 0 Å². The Morgan fingerprint density at radius 3 is 1.57 bits per heavy atom. The molecular formula is C36H60O4. The van der Waals surface area contributed by atoms with Crippen LogP contribution in [0.2, 0.25) is 0 Å². The number of carboxylic acids is 1. The summed E-state index contributed by atoms with van der Waals surface area (Å²) >= 11 is 0. The van der Waals surface area contributed by atoms with Crippen LogP contribution in [0.5, 0.6) is 0 Å². The van der Waals surface area contributed by atoms with Crippen LogP contribution < -0.4 is 0 Å². The third kappa shape index (κ3) is 30.2. The van der Waals surface area contributed by atoms with Gasteiger partial charge in [-0.1, -0.05) is 120 Å². The molecule has 1 atom stereocenters. The zero-order valence-corrected chi connectivity index (χ0v) is 25.9. The number of allylic oxidation sites excluding steroid dienone is 10. The summed E-state index contributed by atoms with van der Waals surface area (Å²) in [5.41, 5.74) is 0. The van der Waals surface area contributed by atoms with Gasteiger partial charge in [0.15, 0.2) is 0 Å². The Labute approximate surface area is 246 Å². The van der Waals surface area contributed by atoms with Crippen molar-refractivity contribution < 1.29 is 19.4 Å². The van der Waals surface area contributed by atoms with Gasteiger partial charge in [-0.2, -0.15) is 0 Å². The molecule has 0 aromatic heterocycles. The summed E-state index contributed by atoms with van der Waals surface area (Å²) < 4.78 is 5.86. The van der Waals surface area contributed by atoms with Crippen molar-refractivity contribution in [2.24, 2.45) is 0 Å². The van der Waals surface area contributed by atoms with Gasteiger partial charge in [0, 0.05) is 12.8 Å². The van der Waals surface area contributed by atoms with Crippen LogP contribution in [-0.4, -0.2) is 23.1 Å². The molecule has 0 aliphatic rings. The monoisotopic (exact) mass is 556 g/mol. The lowest BCUT2D eigenvalue weighted by molar-refractivity contribution is -0.150. The number of aliphatic carboxylic acids is 1. The molecule has 0 spiro atoms. The van der Waals surface area contributed by atoms with Gasteiger partial charge in [-0.25, -0.2) is 0 Å². The summed E-state index contributed by atoms with van der Waals surface area (Å²) in [4.78, 5) is 23.0. The normalized spacial score (nSPS) is 13.1. The molecule has 0 bridgehead atoms. The molecule has 0 aromatic carbocycles. The van der Waals surface area contributed by atoms with E-state index in [0.717, 1.165) is 103 Å². The van der Waals surface area contributed by atoms with Gasteiger partial charge < -0.3 is 9.84 Å². The lowest BCUT2D eigenvalue weighted by Crippen LogP contribution is -2.18. The van der Waals surface area contributed by atoms with E-state index < -0.39 is 5.97 Å². The molecule has 0 aliphatic heterocycles. The molecule has 4 nitrogen and oxygen atoms in total. The predicted molar refractivity (Wildman–Crippen MR) is 172 cm³/mol. The van der Waals surface area contributed by atoms with E-state index in [4.69, 9.17) is 9.84 Å². The Morgan fingerprint density at radius 2 is 1.05 bits per heavy atom. The second kappa shape index (κ2) is 31.2. The average molecular weight is 557 g/mol. The zero-order valence-electron chi connectivity index (χ0n) is 25.9. The van der Waals surface area contributed by atoms with E-state index >= 15 is 0 Å². The van der Waals surface area contributed by atoms with Gasteiger partial charge in [-0.15, -0.1) is 0 Å². The van der Waals surface area contributed by atoms with Gasteiger partial charge in [0.25, 0.3) is 0 Å². The summed E-state index contributed by atoms with van der Waals surface area (Å²) in [5.74, 6) is -0.745. The van der Waals surface area contributed by atoms with E-state index in [1.54, 1.807) is 0 Å². The van der Waals surface area contributed by atoms with E-state index in [1.165, 1.54) is 19.3 Å². The molecule has 0 aliphatic carbocycles. The van der Waals surface area contributed by atoms with Crippen LogP contribution in [0.1, 0.15) is 149 Å². The minimum absolute atomic E-state index is 0.0488. The quantitative estimate of drug-likeness (QED) is 0.0591. The summed E-state index contributed by atoms with van der Waals surface area (Å²) in [6, 6.07) is 0. The molecule has 4 heteroatoms. The van der Waals surface area contributed by atoms with E-state index in [-0.39, 0.29) is 18.5 Å². The Bertz CT molecular complexity index is 729. The van der Waals surface area contributed by atoms with Gasteiger partial charge in [-0.05, 0) is 77.0 Å². The first-order valence-corrected chi connectivity index (χ1v) is 16.3. The van der Waals surface area contributed by atoms with Crippen molar-refractivity contribution in [2.45, 2.75) is 155 Å². The van der Waals surface area contributed by atoms with E-state index in [2.05, 4.69) is 74.6 Å². The molecular weight excluding hydrogens is 496 g/mol. The van der Waals surface area contributed by atoms with Crippen molar-refractivity contribution in [3.8, 4) is 0 Å². The van der Waals surface area contributed by atoms with E-state index in [1.807, 2.05) is 0 Å². The topological polar surface area (TPSA) is 63.6 Å². The molecule has 0 amide bonds. The third-order valence-corrected chi connectivity index (χ3v) is 6.75. The number of carbonyl (C=O) groups excluding carboxylic acids is 1. The van der Waals surface area contributed by atoms with Crippen LogP contribution in [-0.2, 0) is 14.3 Å². The maximum atomic E-state index is 12.4. The molecule has 0 fully saturated rings. The number of carboxylic acid groups (broad SMARTS) is 1. The molecule has 228 valence electrons. The number of esters is 1. The number of rotatable bonds is 28. The maximum absolute atomic E-state index is 12.4. The highest BCUT2D eigenvalue weighted by atomic mass is 16.5. The van der Waals surface area contributed by atoms with Gasteiger partial charge >= 0.3 is 11.9 Å². The van der Waals surface area contributed by atoms with Crippen molar-refractivity contribution in [1.29, 1.82) is 0 Å². The largest absolute Gasteiger partial charge is 0.481 e. The van der Waals surface area contributed by atoms with Crippen LogP contribution in [0, 0.1) is 0 Å². The van der Waals surface area contributed by atoms with Crippen molar-refractivity contribution in [2.75, 3.05) is 0 Å². The molecule has 0 saturated heterocycles. The lowest BCUT2D eigenvalue weighted by atomic mass is 10.0. The fourth-order valence-corrected chi connectivity index (χ4v) is 4.39. The summed E-state index contributed by atoms with van der Waals surface area (Å²) in [6.45, 7) is 4.35. The average Bonchev–Trinajstić information content (AvgIpc) is 2.93. The molecule has 0 saturated carbocycles. The fraction of sp³-hybridized carbons (Fsp3) is 0.667. The molecule has 0 aromatic rings. The van der Waals surface area contributed by atoms with E-state index in [9.17, 15) is 9.59 Å². The Morgan fingerprint density at radius 1 is 0.575 bits per heavy atom. The highest BCUT2D eigenvalue weighted by Crippen LogP contribution is 2.17. The first-order valence-electron chi connectivity index (χ1n) is 16.3. The second-order valence-electron chi connectivity index (χ2n) is 10.6. The SMILES string of the molecule is CC/C=C\C/C=C\C/C=C\C/C=C\C/C=C\CCCC(=O)OC(CCCCC)CCCCCCCCCC(=O)O. The minimum atomic E-state index is -0.696. The third-order valence-electron chi connectivity index (χ3n) is 6.75. The molecule has 1 unspecified atom stereocenters. The van der Waals surface area contributed by atoms with Gasteiger partial charge in [-0.3, -0.25) is 9.59 Å². The highest BCUT2D eigenvalue weighted by Gasteiger charge is 2.13. The molecule has 40 heavy (non-hydrogen) atoms. The summed E-state index contributed by atoms with van der Waals surface area (Å²) in [6.07, 6.45) is 42.5. The minimum Gasteiger partial charge on any atom is -0.481 e. The summed E-state index contributed by atoms with van der Waals surface area (Å²) in [7, 11) is 0. The van der Waals surface area contributed by atoms with Crippen molar-refractivity contribution in [1.82, 2.24) is 0 Å². The Hall–Kier alpha value is -2.36. The number of ether oxygens (including phenoxy) is 1. The van der Waals surface area contributed by atoms with Crippen LogP contribution in [0.4, 0.5) is 0 Å². The zero-order chi connectivity index (χ0) is 29.4. The lowest BCUT2D eigenvalue weighted by Gasteiger charge is -2.18. The Balaban J connectivity index is 3.94. The van der Waals surface area contributed by atoms with Crippen LogP contribution in [0.15, 0.2) is 60.8 Å². The maximum Gasteiger partial charge on any atom is 0.306 e. The summed E-state index contributed by atoms with van der Waals surface area (Å²) in [5, 5.41) is 8.69. The van der Waals surface area contributed by atoms with Crippen LogP contribution >= 0.6 is 0 Å². The molecule has 0 rings (SSSR count). The van der Waals surface area contributed by atoms with Crippen LogP contribution in [0.3, 0.4) is 0 Å². The molecule has 0 heterocycles. The standard InChI is InChI=1S/C36H60O4/c1-3-5-7-8-9-10-11-12-13-14-15-16-17-18-22-25-29-33-36(39)40-34(30-26-6-4-2)31-27-23-20-19-21-24-28-32-35(37)38/h5,7,9-10,12-13,15-16,18,22,34H,3-4,6,8,11,14,17,19-21,23-33H2,1-2H3,(H,37,38)/b7-5-,10-9-,13-12-,16-15-,22-18-. The number of carbonyl (C=O) groups is 2. The number of unbranched alkanes of at least 4 members (excludes halogenated alkanes) is 9. The van der Waals surface area contributed by atoms with E-state index in [0.29, 0.717) is 6.42 Å². The second-order valence-corrected chi connectivity index (χ2v) is 10.6. The highest BCUT2D eigenvalue weighted by molar-refractivity contribution is 5.69. The smallest absolute Gasteiger partial charge is 0.306 e. The van der Waals surface area contributed by atoms with Crippen molar-refractivity contribution >= 4 is 11.9 Å². The van der Waals surface area contributed by atoms with Crippen molar-refractivity contribution in [3.63, 3.8) is 0 Å². The number of hydrogen-bond donors (Lipinski definition) is 1. The Kier molecular flexibility index (Phi) is 29.3. The van der Waals surface area contributed by atoms with Crippen molar-refractivity contribution in [3.05, 3.63) is 60.8 Å². The molecule has 1 N–H and O–H groups in total. The fourth-order valence-electron chi connectivity index (χ4n) is 4.39. The van der Waals surface area contributed by atoms with Crippen LogP contribution in [0.25, 0.3) is 0 Å². The predicted octanol–water partition coefficient (Wildman–Crippen LogP) is 11.0. The first-order chi connectivity index (χ1) is 19.6. The molecule has 0 radical (unpaired) electrons. The van der Waals surface area contributed by atoms with Gasteiger partial charge in [0.05, 0.1) is 0 Å². The van der Waals surface area contributed by atoms with Gasteiger partial charge in [0.1, 0.15) is 6.10 Å².